The van der Waals surface area contributed by atoms with E-state index in [0.29, 0.717) is 10.6 Å². The predicted octanol–water partition coefficient (Wildman–Crippen LogP) is 3.50. The normalized spacial score (nSPS) is 13.6. The van der Waals surface area contributed by atoms with Gasteiger partial charge in [0.2, 0.25) is 0 Å². The second-order valence-electron chi connectivity index (χ2n) is 7.16. The third-order valence-electron chi connectivity index (χ3n) is 5.12. The topological polar surface area (TPSA) is 104 Å². The van der Waals surface area contributed by atoms with Crippen molar-refractivity contribution < 1.29 is 29.4 Å². The number of hydroxylamine groups is 2. The van der Waals surface area contributed by atoms with Gasteiger partial charge in [-0.15, -0.1) is 5.06 Å². The lowest BCUT2D eigenvalue weighted by molar-refractivity contribution is -0.172. The lowest BCUT2D eigenvalue weighted by Gasteiger charge is -2.22. The van der Waals surface area contributed by atoms with Crippen molar-refractivity contribution in [1.29, 1.82) is 0 Å². The maximum absolute atomic E-state index is 12.9. The molecule has 2 N–H and O–H groups in total. The van der Waals surface area contributed by atoms with Crippen molar-refractivity contribution >= 4 is 17.8 Å². The highest BCUT2D eigenvalue weighted by atomic mass is 16.7. The van der Waals surface area contributed by atoms with Crippen LogP contribution >= 0.6 is 0 Å². The Hall–Kier alpha value is -4.13. The van der Waals surface area contributed by atoms with Crippen LogP contribution in [0.4, 0.5) is 0 Å². The third kappa shape index (κ3) is 4.11. The monoisotopic (exact) mass is 417 g/mol. The summed E-state index contributed by atoms with van der Waals surface area (Å²) in [5.41, 5.74) is 2.36. The average Bonchev–Trinajstić information content (AvgIpc) is 3.09. The number of carbonyl (C=O) groups excluding carboxylic acids is 3. The minimum atomic E-state index is -0.818. The number of amides is 2. The van der Waals surface area contributed by atoms with Crippen molar-refractivity contribution in [3.05, 3.63) is 95.1 Å². The summed E-state index contributed by atoms with van der Waals surface area (Å²) in [6.07, 6.45) is 0.0226. The Morgan fingerprint density at radius 2 is 1.26 bits per heavy atom. The van der Waals surface area contributed by atoms with Crippen LogP contribution in [-0.2, 0) is 14.4 Å². The molecule has 2 amide bonds. The molecule has 7 nitrogen and oxygen atoms in total. The van der Waals surface area contributed by atoms with E-state index in [1.807, 2.05) is 0 Å². The molecule has 31 heavy (non-hydrogen) atoms. The molecule has 1 saturated heterocycles. The largest absolute Gasteiger partial charge is 0.508 e. The maximum atomic E-state index is 12.9. The fourth-order valence-corrected chi connectivity index (χ4v) is 3.61. The Morgan fingerprint density at radius 1 is 0.774 bits per heavy atom. The zero-order valence-corrected chi connectivity index (χ0v) is 16.4. The fourth-order valence-electron chi connectivity index (χ4n) is 3.61. The molecule has 0 atom stereocenters. The van der Waals surface area contributed by atoms with Gasteiger partial charge in [0, 0.05) is 18.8 Å². The number of rotatable bonds is 5. The van der Waals surface area contributed by atoms with Crippen LogP contribution in [0, 0.1) is 0 Å². The Labute approximate surface area is 178 Å². The van der Waals surface area contributed by atoms with Crippen LogP contribution in [0.5, 0.6) is 11.5 Å². The number of nitrogens with zero attached hydrogens (tertiary/aromatic N) is 1. The molecule has 0 bridgehead atoms. The molecule has 3 aromatic rings. The van der Waals surface area contributed by atoms with Gasteiger partial charge >= 0.3 is 5.97 Å². The van der Waals surface area contributed by atoms with E-state index in [9.17, 15) is 24.6 Å². The van der Waals surface area contributed by atoms with E-state index in [-0.39, 0.29) is 29.9 Å². The number of carbonyl (C=O) groups is 3. The Kier molecular flexibility index (Phi) is 5.41. The number of imide groups is 1. The molecule has 0 aromatic heterocycles. The highest BCUT2D eigenvalue weighted by molar-refractivity contribution is 6.03. The first-order valence-corrected chi connectivity index (χ1v) is 9.69. The second kappa shape index (κ2) is 8.31. The van der Waals surface area contributed by atoms with Crippen molar-refractivity contribution in [2.75, 3.05) is 0 Å². The molecule has 0 saturated carbocycles. The maximum Gasteiger partial charge on any atom is 0.364 e. The molecule has 3 aromatic carbocycles. The summed E-state index contributed by atoms with van der Waals surface area (Å²) in [6, 6.07) is 19.9. The first-order chi connectivity index (χ1) is 14.9. The van der Waals surface area contributed by atoms with Crippen LogP contribution in [-0.4, -0.2) is 33.1 Å². The molecule has 0 unspecified atom stereocenters. The first kappa shape index (κ1) is 20.2. The Bertz CT molecular complexity index is 1080. The van der Waals surface area contributed by atoms with Crippen LogP contribution in [0.15, 0.2) is 72.8 Å². The average molecular weight is 417 g/mol. The molecule has 7 heteroatoms. The number of phenols is 2. The van der Waals surface area contributed by atoms with Gasteiger partial charge in [-0.3, -0.25) is 9.59 Å². The van der Waals surface area contributed by atoms with Crippen molar-refractivity contribution in [1.82, 2.24) is 5.06 Å². The van der Waals surface area contributed by atoms with Crippen molar-refractivity contribution in [2.24, 2.45) is 0 Å². The number of benzene rings is 3. The van der Waals surface area contributed by atoms with Crippen molar-refractivity contribution in [3.8, 4) is 11.5 Å². The SMILES string of the molecule is O=C(ON1C(=O)CCC1=O)c1ccccc1C(c1ccc(O)cc1)c1ccc(O)cc1. The van der Waals surface area contributed by atoms with Crippen LogP contribution < -0.4 is 0 Å². The highest BCUT2D eigenvalue weighted by Gasteiger charge is 2.34. The molecule has 156 valence electrons. The van der Waals surface area contributed by atoms with E-state index in [1.165, 1.54) is 0 Å². The third-order valence-corrected chi connectivity index (χ3v) is 5.12. The number of aromatic hydroxyl groups is 2. The molecule has 0 radical (unpaired) electrons. The van der Waals surface area contributed by atoms with Crippen LogP contribution in [0.3, 0.4) is 0 Å². The van der Waals surface area contributed by atoms with Gasteiger partial charge in [0.15, 0.2) is 0 Å². The van der Waals surface area contributed by atoms with E-state index >= 15 is 0 Å². The summed E-state index contributed by atoms with van der Waals surface area (Å²) < 4.78 is 0. The Balaban J connectivity index is 1.78. The summed E-state index contributed by atoms with van der Waals surface area (Å²) in [5.74, 6) is -2.15. The summed E-state index contributed by atoms with van der Waals surface area (Å²) in [6.45, 7) is 0. The molecular formula is C24H19NO6. The van der Waals surface area contributed by atoms with Crippen LogP contribution in [0.25, 0.3) is 0 Å². The predicted molar refractivity (Wildman–Crippen MR) is 110 cm³/mol. The Morgan fingerprint density at radius 3 is 1.77 bits per heavy atom. The summed E-state index contributed by atoms with van der Waals surface area (Å²) in [7, 11) is 0. The van der Waals surface area contributed by atoms with Gasteiger partial charge in [0.05, 0.1) is 5.56 Å². The molecule has 1 aliphatic rings. The molecular weight excluding hydrogens is 398 g/mol. The number of hydrogen-bond acceptors (Lipinski definition) is 6. The van der Waals surface area contributed by atoms with E-state index in [4.69, 9.17) is 4.84 Å². The highest BCUT2D eigenvalue weighted by Crippen LogP contribution is 2.35. The van der Waals surface area contributed by atoms with E-state index in [1.54, 1.807) is 72.8 Å². The number of phenolic OH excluding ortho intramolecular Hbond substituents is 2. The standard InChI is InChI=1S/C24H19NO6/c26-17-9-5-15(6-10-17)23(16-7-11-18(27)12-8-16)19-3-1-2-4-20(19)24(30)31-25-21(28)13-14-22(25)29/h1-12,23,26-27H,13-14H2. The molecule has 1 fully saturated rings. The second-order valence-corrected chi connectivity index (χ2v) is 7.16. The molecule has 1 heterocycles. The van der Waals surface area contributed by atoms with E-state index in [2.05, 4.69) is 0 Å². The van der Waals surface area contributed by atoms with Gasteiger partial charge in [-0.1, -0.05) is 42.5 Å². The van der Waals surface area contributed by atoms with Gasteiger partial charge in [-0.05, 0) is 47.0 Å². The number of hydrogen-bond donors (Lipinski definition) is 2. The quantitative estimate of drug-likeness (QED) is 0.486. The molecule has 1 aliphatic heterocycles. The lowest BCUT2D eigenvalue weighted by Crippen LogP contribution is -2.32. The minimum Gasteiger partial charge on any atom is -0.508 e. The van der Waals surface area contributed by atoms with Crippen molar-refractivity contribution in [2.45, 2.75) is 18.8 Å². The van der Waals surface area contributed by atoms with E-state index in [0.717, 1.165) is 11.1 Å². The first-order valence-electron chi connectivity index (χ1n) is 9.69. The lowest BCUT2D eigenvalue weighted by atomic mass is 9.83. The van der Waals surface area contributed by atoms with Gasteiger partial charge in [-0.2, -0.15) is 0 Å². The van der Waals surface area contributed by atoms with Gasteiger partial charge in [-0.25, -0.2) is 4.79 Å². The van der Waals surface area contributed by atoms with Crippen LogP contribution in [0.1, 0.15) is 45.8 Å². The summed E-state index contributed by atoms with van der Waals surface area (Å²) in [5, 5.41) is 19.9. The van der Waals surface area contributed by atoms with Gasteiger partial charge < -0.3 is 15.1 Å². The molecule has 0 aliphatic carbocycles. The summed E-state index contributed by atoms with van der Waals surface area (Å²) >= 11 is 0. The zero-order chi connectivity index (χ0) is 22.0. The molecule has 0 spiro atoms. The minimum absolute atomic E-state index is 0.0113. The van der Waals surface area contributed by atoms with Crippen LogP contribution in [0.2, 0.25) is 0 Å². The molecule has 4 rings (SSSR count). The zero-order valence-electron chi connectivity index (χ0n) is 16.4. The smallest absolute Gasteiger partial charge is 0.364 e. The van der Waals surface area contributed by atoms with Crippen molar-refractivity contribution in [3.63, 3.8) is 0 Å². The van der Waals surface area contributed by atoms with E-state index < -0.39 is 23.7 Å². The summed E-state index contributed by atoms with van der Waals surface area (Å²) in [4.78, 5) is 41.8. The van der Waals surface area contributed by atoms with Gasteiger partial charge in [0.1, 0.15) is 11.5 Å². The van der Waals surface area contributed by atoms with Gasteiger partial charge in [0.25, 0.3) is 11.8 Å². The fraction of sp³-hybridized carbons (Fsp3) is 0.125.